The molecule has 0 atom stereocenters. The third-order valence-corrected chi connectivity index (χ3v) is 6.24. The molecular weight excluding hydrogens is 467 g/mol. The summed E-state index contributed by atoms with van der Waals surface area (Å²) in [6.45, 7) is 1.85. The molecule has 0 unspecified atom stereocenters. The van der Waals surface area contributed by atoms with Crippen molar-refractivity contribution >= 4 is 16.7 Å². The molecule has 0 saturated carbocycles. The number of aromatic nitrogens is 5. The Balaban J connectivity index is 1.44. The minimum Gasteiger partial charge on any atom is -0.337 e. The van der Waals surface area contributed by atoms with E-state index in [1.54, 1.807) is 18.3 Å². The summed E-state index contributed by atoms with van der Waals surface area (Å²) in [4.78, 5) is 29.0. The summed E-state index contributed by atoms with van der Waals surface area (Å²) in [5, 5.41) is 3.31. The number of halogens is 1. The topological polar surface area (TPSA) is 95.0 Å². The molecule has 5 aromatic rings. The third kappa shape index (κ3) is 4.62. The van der Waals surface area contributed by atoms with Gasteiger partial charge in [-0.05, 0) is 62.1 Å². The highest BCUT2D eigenvalue weighted by atomic mass is 19.1. The molecule has 4 aromatic heterocycles. The lowest BCUT2D eigenvalue weighted by Crippen LogP contribution is -2.13. The quantitative estimate of drug-likeness (QED) is 0.382. The van der Waals surface area contributed by atoms with E-state index in [0.717, 1.165) is 51.3 Å². The van der Waals surface area contributed by atoms with Crippen LogP contribution in [0.5, 0.6) is 0 Å². The van der Waals surface area contributed by atoms with Gasteiger partial charge in [0.25, 0.3) is 0 Å². The Morgan fingerprint density at radius 1 is 0.946 bits per heavy atom. The van der Waals surface area contributed by atoms with Gasteiger partial charge in [0.05, 0.1) is 23.6 Å². The van der Waals surface area contributed by atoms with Crippen LogP contribution >= 0.6 is 0 Å². The molecule has 1 aliphatic rings. The molecule has 184 valence electrons. The zero-order valence-corrected chi connectivity index (χ0v) is 20.5. The smallest absolute Gasteiger partial charge is 0.157 e. The lowest BCUT2D eigenvalue weighted by Gasteiger charge is -2.12. The number of H-pyrrole nitrogens is 1. The number of nitrogens with one attached hydrogen (secondary N) is 2. The SMILES string of the molecule is CN(C)Cc1cncc(-c2cnc3c(c2)C(c2nc4c(-c5ccc(F)cc5)nccc4[nH]2)=NCNC3)c1. The second-order valence-corrected chi connectivity index (χ2v) is 9.28. The van der Waals surface area contributed by atoms with Crippen molar-refractivity contribution < 1.29 is 4.39 Å². The summed E-state index contributed by atoms with van der Waals surface area (Å²) in [7, 11) is 4.08. The highest BCUT2D eigenvalue weighted by Crippen LogP contribution is 2.28. The molecular formula is C28H25FN8. The first-order valence-electron chi connectivity index (χ1n) is 12.0. The van der Waals surface area contributed by atoms with E-state index in [4.69, 9.17) is 15.0 Å². The number of rotatable bonds is 5. The monoisotopic (exact) mass is 492 g/mol. The van der Waals surface area contributed by atoms with E-state index in [1.807, 2.05) is 38.8 Å². The van der Waals surface area contributed by atoms with E-state index < -0.39 is 0 Å². The zero-order valence-electron chi connectivity index (χ0n) is 20.5. The minimum atomic E-state index is -0.290. The van der Waals surface area contributed by atoms with Crippen molar-refractivity contribution in [2.24, 2.45) is 4.99 Å². The van der Waals surface area contributed by atoms with Crippen molar-refractivity contribution in [3.63, 3.8) is 0 Å². The molecule has 1 aromatic carbocycles. The summed E-state index contributed by atoms with van der Waals surface area (Å²) in [5.41, 5.74) is 8.65. The maximum absolute atomic E-state index is 13.5. The lowest BCUT2D eigenvalue weighted by atomic mass is 10.0. The molecule has 6 rings (SSSR count). The normalized spacial score (nSPS) is 13.5. The first-order chi connectivity index (χ1) is 18.0. The fourth-order valence-corrected chi connectivity index (χ4v) is 4.56. The van der Waals surface area contributed by atoms with E-state index >= 15 is 0 Å². The minimum absolute atomic E-state index is 0.290. The highest BCUT2D eigenvalue weighted by Gasteiger charge is 2.21. The van der Waals surface area contributed by atoms with Crippen LogP contribution in [0.4, 0.5) is 4.39 Å². The van der Waals surface area contributed by atoms with Crippen molar-refractivity contribution in [2.45, 2.75) is 13.1 Å². The number of aliphatic imine (C=N–C) groups is 1. The van der Waals surface area contributed by atoms with Crippen LogP contribution in [0.2, 0.25) is 0 Å². The summed E-state index contributed by atoms with van der Waals surface area (Å²) in [6, 6.07) is 12.4. The average Bonchev–Trinajstić information content (AvgIpc) is 3.22. The zero-order chi connectivity index (χ0) is 25.4. The fraction of sp³-hybridized carbons (Fsp3) is 0.179. The molecule has 0 bridgehead atoms. The second-order valence-electron chi connectivity index (χ2n) is 9.28. The number of aromatic amines is 1. The van der Waals surface area contributed by atoms with Crippen LogP contribution in [0, 0.1) is 5.82 Å². The molecule has 1 aliphatic heterocycles. The molecule has 0 amide bonds. The number of fused-ring (bicyclic) bond motifs is 2. The fourth-order valence-electron chi connectivity index (χ4n) is 4.56. The maximum Gasteiger partial charge on any atom is 0.157 e. The van der Waals surface area contributed by atoms with Crippen LogP contribution in [0.1, 0.15) is 22.6 Å². The van der Waals surface area contributed by atoms with Crippen LogP contribution in [-0.4, -0.2) is 56.3 Å². The van der Waals surface area contributed by atoms with E-state index in [2.05, 4.69) is 37.3 Å². The van der Waals surface area contributed by atoms with Gasteiger partial charge in [0.15, 0.2) is 5.82 Å². The molecule has 8 nitrogen and oxygen atoms in total. The van der Waals surface area contributed by atoms with E-state index in [9.17, 15) is 4.39 Å². The van der Waals surface area contributed by atoms with Crippen LogP contribution < -0.4 is 5.32 Å². The molecule has 0 spiro atoms. The van der Waals surface area contributed by atoms with Gasteiger partial charge in [0, 0.05) is 60.1 Å². The van der Waals surface area contributed by atoms with Crippen LogP contribution in [0.25, 0.3) is 33.4 Å². The van der Waals surface area contributed by atoms with Gasteiger partial charge in [-0.3, -0.25) is 25.3 Å². The first kappa shape index (κ1) is 23.1. The van der Waals surface area contributed by atoms with Crippen molar-refractivity contribution in [1.29, 1.82) is 0 Å². The van der Waals surface area contributed by atoms with Gasteiger partial charge in [0.2, 0.25) is 0 Å². The second kappa shape index (κ2) is 9.61. The van der Waals surface area contributed by atoms with Crippen LogP contribution in [0.15, 0.2) is 72.2 Å². The number of hydrogen-bond donors (Lipinski definition) is 2. The van der Waals surface area contributed by atoms with Crippen molar-refractivity contribution in [3.05, 3.63) is 95.7 Å². The summed E-state index contributed by atoms with van der Waals surface area (Å²) in [6.07, 6.45) is 7.35. The van der Waals surface area contributed by atoms with Gasteiger partial charge in [-0.15, -0.1) is 0 Å². The molecule has 0 fully saturated rings. The molecule has 5 heterocycles. The molecule has 0 aliphatic carbocycles. The average molecular weight is 493 g/mol. The van der Waals surface area contributed by atoms with Gasteiger partial charge in [-0.2, -0.15) is 0 Å². The van der Waals surface area contributed by atoms with Gasteiger partial charge >= 0.3 is 0 Å². The molecule has 37 heavy (non-hydrogen) atoms. The largest absolute Gasteiger partial charge is 0.337 e. The Hall–Kier alpha value is -4.34. The Bertz CT molecular complexity index is 1620. The van der Waals surface area contributed by atoms with E-state index in [-0.39, 0.29) is 5.82 Å². The van der Waals surface area contributed by atoms with Gasteiger partial charge in [-0.1, -0.05) is 0 Å². The Labute approximate surface area is 213 Å². The molecule has 0 saturated heterocycles. The van der Waals surface area contributed by atoms with Crippen molar-refractivity contribution in [2.75, 3.05) is 20.8 Å². The van der Waals surface area contributed by atoms with Gasteiger partial charge in [-0.25, -0.2) is 9.37 Å². The maximum atomic E-state index is 13.5. The number of hydrogen-bond acceptors (Lipinski definition) is 7. The van der Waals surface area contributed by atoms with Crippen molar-refractivity contribution in [3.8, 4) is 22.4 Å². The molecule has 2 N–H and O–H groups in total. The lowest BCUT2D eigenvalue weighted by molar-refractivity contribution is 0.402. The number of nitrogens with zero attached hydrogens (tertiary/aromatic N) is 6. The molecule has 0 radical (unpaired) electrons. The molecule has 9 heteroatoms. The Morgan fingerprint density at radius 2 is 1.78 bits per heavy atom. The van der Waals surface area contributed by atoms with Gasteiger partial charge < -0.3 is 9.88 Å². The number of imidazole rings is 1. The van der Waals surface area contributed by atoms with Gasteiger partial charge in [0.1, 0.15) is 17.0 Å². The Morgan fingerprint density at radius 3 is 2.62 bits per heavy atom. The predicted molar refractivity (Wildman–Crippen MR) is 141 cm³/mol. The summed E-state index contributed by atoms with van der Waals surface area (Å²) in [5.74, 6) is 0.344. The third-order valence-electron chi connectivity index (χ3n) is 6.24. The van der Waals surface area contributed by atoms with Crippen LogP contribution in [0.3, 0.4) is 0 Å². The first-order valence-corrected chi connectivity index (χ1v) is 12.0. The Kier molecular flexibility index (Phi) is 5.99. The number of benzene rings is 1. The standard InChI is InChI=1S/C28H25FN8/c1-37(2)15-17-9-19(12-30-11-17)20-10-22-24(33-13-20)14-31-16-34-26(22)28-35-23-7-8-32-25(27(23)36-28)18-3-5-21(29)6-4-18/h3-13,31H,14-16H2,1-2H3,(H,35,36). The van der Waals surface area contributed by atoms with Crippen LogP contribution in [-0.2, 0) is 13.1 Å². The van der Waals surface area contributed by atoms with Crippen molar-refractivity contribution in [1.82, 2.24) is 35.1 Å². The van der Waals surface area contributed by atoms with E-state index in [0.29, 0.717) is 30.2 Å². The predicted octanol–water partition coefficient (Wildman–Crippen LogP) is 4.18. The van der Waals surface area contributed by atoms with E-state index in [1.165, 1.54) is 12.1 Å². The highest BCUT2D eigenvalue weighted by molar-refractivity contribution is 6.13. The summed E-state index contributed by atoms with van der Waals surface area (Å²) >= 11 is 0. The summed E-state index contributed by atoms with van der Waals surface area (Å²) < 4.78 is 13.5. The number of pyridine rings is 3.